The van der Waals surface area contributed by atoms with Gasteiger partial charge in [-0.3, -0.25) is 4.79 Å². The molecule has 2 aliphatic rings. The van der Waals surface area contributed by atoms with Gasteiger partial charge in [-0.2, -0.15) is 0 Å². The van der Waals surface area contributed by atoms with E-state index in [4.69, 9.17) is 0 Å². The molecule has 1 aliphatic carbocycles. The highest BCUT2D eigenvalue weighted by Gasteiger charge is 2.26. The molecular formula is C18H23NO. The second kappa shape index (κ2) is 5.08. The second-order valence-corrected chi connectivity index (χ2v) is 6.27. The lowest BCUT2D eigenvalue weighted by Gasteiger charge is -2.29. The van der Waals surface area contributed by atoms with Crippen LogP contribution in [0.25, 0.3) is 0 Å². The number of aryl methyl sites for hydroxylation is 3. The van der Waals surface area contributed by atoms with Crippen LogP contribution >= 0.6 is 0 Å². The minimum absolute atomic E-state index is 0.222. The van der Waals surface area contributed by atoms with Crippen molar-refractivity contribution in [1.29, 1.82) is 0 Å². The van der Waals surface area contributed by atoms with Crippen LogP contribution in [0.15, 0.2) is 23.3 Å². The Morgan fingerprint density at radius 2 is 1.40 bits per heavy atom. The van der Waals surface area contributed by atoms with Crippen LogP contribution in [0, 0.1) is 20.8 Å². The van der Waals surface area contributed by atoms with Gasteiger partial charge in [-0.15, -0.1) is 0 Å². The highest BCUT2D eigenvalue weighted by Crippen LogP contribution is 2.36. The van der Waals surface area contributed by atoms with Crippen molar-refractivity contribution in [3.8, 4) is 0 Å². The second-order valence-electron chi connectivity index (χ2n) is 6.27. The van der Waals surface area contributed by atoms with E-state index in [1.54, 1.807) is 11.1 Å². The zero-order valence-corrected chi connectivity index (χ0v) is 12.8. The van der Waals surface area contributed by atoms with E-state index in [2.05, 4.69) is 32.9 Å². The Morgan fingerprint density at radius 3 is 1.90 bits per heavy atom. The Balaban J connectivity index is 1.78. The van der Waals surface area contributed by atoms with Crippen LogP contribution in [-0.2, 0) is 0 Å². The molecule has 3 rings (SSSR count). The average molecular weight is 269 g/mol. The summed E-state index contributed by atoms with van der Waals surface area (Å²) < 4.78 is 0. The molecule has 0 unspecified atom stereocenters. The third-order valence-corrected chi connectivity index (χ3v) is 4.55. The molecule has 0 radical (unpaired) electrons. The van der Waals surface area contributed by atoms with Gasteiger partial charge in [0.05, 0.1) is 0 Å². The summed E-state index contributed by atoms with van der Waals surface area (Å²) >= 11 is 0. The minimum Gasteiger partial charge on any atom is -0.338 e. The standard InChI is InChI=1S/C18H23NO/c1-12-10-13(2)17(14(3)11-12)18(20)19-8-6-16(7-9-19)15-4-5-15/h10-11H,4-9H2,1-3H3. The first-order valence-corrected chi connectivity index (χ1v) is 7.63. The topological polar surface area (TPSA) is 20.3 Å². The predicted molar refractivity (Wildman–Crippen MR) is 82.1 cm³/mol. The van der Waals surface area contributed by atoms with E-state index in [-0.39, 0.29) is 5.91 Å². The average Bonchev–Trinajstić information content (AvgIpc) is 3.22. The van der Waals surface area contributed by atoms with Gasteiger partial charge in [0.1, 0.15) is 0 Å². The minimum atomic E-state index is 0.222. The number of hydrogen-bond acceptors (Lipinski definition) is 1. The van der Waals surface area contributed by atoms with Crippen molar-refractivity contribution in [2.75, 3.05) is 13.1 Å². The van der Waals surface area contributed by atoms with Gasteiger partial charge >= 0.3 is 0 Å². The van der Waals surface area contributed by atoms with E-state index in [0.717, 1.165) is 42.6 Å². The van der Waals surface area contributed by atoms with Crippen molar-refractivity contribution in [3.63, 3.8) is 0 Å². The highest BCUT2D eigenvalue weighted by atomic mass is 16.2. The first-order chi connectivity index (χ1) is 9.56. The van der Waals surface area contributed by atoms with Crippen LogP contribution in [0.2, 0.25) is 0 Å². The SMILES string of the molecule is Cc1cc(C)c(C(=O)N2CCC(=C3CC3)CC2)c(C)c1. The van der Waals surface area contributed by atoms with Crippen LogP contribution in [0.4, 0.5) is 0 Å². The molecule has 2 fully saturated rings. The lowest BCUT2D eigenvalue weighted by Crippen LogP contribution is -2.37. The first kappa shape index (κ1) is 13.4. The number of rotatable bonds is 1. The summed E-state index contributed by atoms with van der Waals surface area (Å²) in [6.45, 7) is 7.97. The molecule has 1 aromatic rings. The molecule has 1 aromatic carbocycles. The van der Waals surface area contributed by atoms with E-state index in [0.29, 0.717) is 0 Å². The predicted octanol–water partition coefficient (Wildman–Crippen LogP) is 3.94. The highest BCUT2D eigenvalue weighted by molar-refractivity contribution is 5.97. The maximum absolute atomic E-state index is 12.8. The van der Waals surface area contributed by atoms with Gasteiger partial charge in [0, 0.05) is 18.7 Å². The maximum atomic E-state index is 12.8. The van der Waals surface area contributed by atoms with Crippen LogP contribution in [-0.4, -0.2) is 23.9 Å². The summed E-state index contributed by atoms with van der Waals surface area (Å²) in [4.78, 5) is 14.8. The van der Waals surface area contributed by atoms with Crippen molar-refractivity contribution >= 4 is 5.91 Å². The molecule has 2 nitrogen and oxygen atoms in total. The molecule has 0 spiro atoms. The number of hydrogen-bond donors (Lipinski definition) is 0. The van der Waals surface area contributed by atoms with E-state index < -0.39 is 0 Å². The molecule has 1 saturated heterocycles. The van der Waals surface area contributed by atoms with Gasteiger partial charge in [-0.1, -0.05) is 28.8 Å². The molecule has 20 heavy (non-hydrogen) atoms. The first-order valence-electron chi connectivity index (χ1n) is 7.63. The molecular weight excluding hydrogens is 246 g/mol. The number of piperidine rings is 1. The van der Waals surface area contributed by atoms with Gasteiger partial charge in [-0.25, -0.2) is 0 Å². The van der Waals surface area contributed by atoms with E-state index in [1.807, 2.05) is 4.90 Å². The van der Waals surface area contributed by atoms with Crippen molar-refractivity contribution < 1.29 is 4.79 Å². The normalized spacial score (nSPS) is 18.4. The van der Waals surface area contributed by atoms with Crippen LogP contribution in [0.5, 0.6) is 0 Å². The van der Waals surface area contributed by atoms with Crippen molar-refractivity contribution in [1.82, 2.24) is 4.90 Å². The molecule has 1 heterocycles. The molecule has 0 bridgehead atoms. The van der Waals surface area contributed by atoms with E-state index >= 15 is 0 Å². The molecule has 1 amide bonds. The lowest BCUT2D eigenvalue weighted by molar-refractivity contribution is 0.0742. The van der Waals surface area contributed by atoms with Crippen LogP contribution < -0.4 is 0 Å². The van der Waals surface area contributed by atoms with Crippen molar-refractivity contribution in [2.24, 2.45) is 0 Å². The van der Waals surface area contributed by atoms with Gasteiger partial charge in [0.2, 0.25) is 0 Å². The fraction of sp³-hybridized carbons (Fsp3) is 0.500. The maximum Gasteiger partial charge on any atom is 0.254 e. The molecule has 0 aromatic heterocycles. The number of benzene rings is 1. The third kappa shape index (κ3) is 2.52. The van der Waals surface area contributed by atoms with Gasteiger partial charge in [0.15, 0.2) is 0 Å². The summed E-state index contributed by atoms with van der Waals surface area (Å²) in [6, 6.07) is 4.23. The smallest absolute Gasteiger partial charge is 0.254 e. The van der Waals surface area contributed by atoms with Crippen LogP contribution in [0.1, 0.15) is 52.7 Å². The van der Waals surface area contributed by atoms with Crippen molar-refractivity contribution in [3.05, 3.63) is 45.5 Å². The summed E-state index contributed by atoms with van der Waals surface area (Å²) in [5.74, 6) is 0.222. The molecule has 1 aliphatic heterocycles. The summed E-state index contributed by atoms with van der Waals surface area (Å²) in [6.07, 6.45) is 4.79. The largest absolute Gasteiger partial charge is 0.338 e. The monoisotopic (exact) mass is 269 g/mol. The molecule has 1 saturated carbocycles. The number of likely N-dealkylation sites (tertiary alicyclic amines) is 1. The Labute approximate surface area is 121 Å². The zero-order chi connectivity index (χ0) is 14.3. The van der Waals surface area contributed by atoms with Gasteiger partial charge < -0.3 is 4.90 Å². The summed E-state index contributed by atoms with van der Waals surface area (Å²) in [5, 5.41) is 0. The van der Waals surface area contributed by atoms with Gasteiger partial charge in [0.25, 0.3) is 5.91 Å². The Bertz CT molecular complexity index is 558. The molecule has 0 N–H and O–H groups in total. The van der Waals surface area contributed by atoms with E-state index in [1.165, 1.54) is 18.4 Å². The van der Waals surface area contributed by atoms with Crippen LogP contribution in [0.3, 0.4) is 0 Å². The van der Waals surface area contributed by atoms with Gasteiger partial charge in [-0.05, 0) is 57.6 Å². The zero-order valence-electron chi connectivity index (χ0n) is 12.8. The number of allylic oxidation sites excluding steroid dienone is 1. The number of amides is 1. The lowest BCUT2D eigenvalue weighted by atomic mass is 9.97. The number of nitrogens with zero attached hydrogens (tertiary/aromatic N) is 1. The molecule has 0 atom stereocenters. The molecule has 2 heteroatoms. The Morgan fingerprint density at radius 1 is 0.900 bits per heavy atom. The fourth-order valence-corrected chi connectivity index (χ4v) is 3.42. The van der Waals surface area contributed by atoms with Crippen molar-refractivity contribution in [2.45, 2.75) is 46.5 Å². The quantitative estimate of drug-likeness (QED) is 0.707. The third-order valence-electron chi connectivity index (χ3n) is 4.55. The summed E-state index contributed by atoms with van der Waals surface area (Å²) in [7, 11) is 0. The Hall–Kier alpha value is -1.57. The van der Waals surface area contributed by atoms with E-state index in [9.17, 15) is 4.79 Å². The number of carbonyl (C=O) groups is 1. The molecule has 106 valence electrons. The fourth-order valence-electron chi connectivity index (χ4n) is 3.42. The Kier molecular flexibility index (Phi) is 3.41. The summed E-state index contributed by atoms with van der Waals surface area (Å²) in [5.41, 5.74) is 7.66. The number of carbonyl (C=O) groups excluding carboxylic acids is 1.